The Morgan fingerprint density at radius 1 is 1.14 bits per heavy atom. The lowest BCUT2D eigenvalue weighted by molar-refractivity contribution is -0.120. The number of hydrogen-bond donors (Lipinski definition) is 1. The smallest absolute Gasteiger partial charge is 0.240 e. The highest BCUT2D eigenvalue weighted by Gasteiger charge is 2.11. The van der Waals surface area contributed by atoms with Gasteiger partial charge in [-0.25, -0.2) is 5.43 Å². The fourth-order valence-electron chi connectivity index (χ4n) is 2.94. The first-order valence-electron chi connectivity index (χ1n) is 9.10. The number of hydrogen-bond acceptors (Lipinski definition) is 3. The quantitative estimate of drug-likeness (QED) is 0.274. The molecule has 2 aromatic carbocycles. The standard InChI is InChI=1S/C22H21Cl2N3OS/c1-15-13-17(16(2)27(15)21-6-4-3-5-20(21)24)14-25-26-22(28)11-12-29-19-9-7-18(23)8-10-19/h3-10,13-14H,11-12H2,1-2H3,(H,26,28)/b25-14+. The maximum atomic E-state index is 12.0. The van der Waals surface area contributed by atoms with Gasteiger partial charge in [-0.05, 0) is 56.3 Å². The van der Waals surface area contributed by atoms with Gasteiger partial charge in [0.1, 0.15) is 0 Å². The number of nitrogens with zero attached hydrogens (tertiary/aromatic N) is 2. The number of amides is 1. The second kappa shape index (κ2) is 10.0. The van der Waals surface area contributed by atoms with Crippen molar-refractivity contribution in [3.8, 4) is 5.69 Å². The third kappa shape index (κ3) is 5.66. The number of hydrazone groups is 1. The van der Waals surface area contributed by atoms with Crippen LogP contribution in [0.2, 0.25) is 10.0 Å². The molecule has 4 nitrogen and oxygen atoms in total. The number of thioether (sulfide) groups is 1. The molecule has 0 atom stereocenters. The topological polar surface area (TPSA) is 46.4 Å². The van der Waals surface area contributed by atoms with Crippen molar-refractivity contribution >= 4 is 47.1 Å². The molecule has 0 saturated carbocycles. The Bertz CT molecular complexity index is 1030. The Morgan fingerprint density at radius 2 is 1.86 bits per heavy atom. The summed E-state index contributed by atoms with van der Waals surface area (Å²) in [5.74, 6) is 0.548. The molecule has 0 radical (unpaired) electrons. The molecule has 7 heteroatoms. The van der Waals surface area contributed by atoms with Crippen LogP contribution in [0.3, 0.4) is 0 Å². The summed E-state index contributed by atoms with van der Waals surface area (Å²) in [4.78, 5) is 13.1. The molecule has 1 N–H and O–H groups in total. The molecule has 1 heterocycles. The molecule has 1 amide bonds. The van der Waals surface area contributed by atoms with Crippen molar-refractivity contribution in [2.24, 2.45) is 5.10 Å². The number of para-hydroxylation sites is 1. The first-order valence-corrected chi connectivity index (χ1v) is 10.8. The second-order valence-electron chi connectivity index (χ2n) is 6.46. The van der Waals surface area contributed by atoms with Gasteiger partial charge < -0.3 is 4.57 Å². The van der Waals surface area contributed by atoms with Gasteiger partial charge in [-0.3, -0.25) is 4.79 Å². The van der Waals surface area contributed by atoms with E-state index in [0.717, 1.165) is 27.5 Å². The lowest BCUT2D eigenvalue weighted by atomic mass is 10.2. The van der Waals surface area contributed by atoms with Crippen LogP contribution in [0, 0.1) is 13.8 Å². The summed E-state index contributed by atoms with van der Waals surface area (Å²) >= 11 is 13.8. The number of benzene rings is 2. The van der Waals surface area contributed by atoms with E-state index in [2.05, 4.69) is 15.1 Å². The van der Waals surface area contributed by atoms with E-state index in [1.54, 1.807) is 18.0 Å². The highest BCUT2D eigenvalue weighted by Crippen LogP contribution is 2.25. The van der Waals surface area contributed by atoms with E-state index < -0.39 is 0 Å². The van der Waals surface area contributed by atoms with Crippen LogP contribution in [0.4, 0.5) is 0 Å². The molecule has 0 aliphatic carbocycles. The summed E-state index contributed by atoms with van der Waals surface area (Å²) in [6.45, 7) is 4.02. The summed E-state index contributed by atoms with van der Waals surface area (Å²) < 4.78 is 2.08. The number of carbonyl (C=O) groups is 1. The molecule has 150 valence electrons. The monoisotopic (exact) mass is 445 g/mol. The minimum absolute atomic E-state index is 0.123. The van der Waals surface area contributed by atoms with Gasteiger partial charge in [0.15, 0.2) is 0 Å². The minimum Gasteiger partial charge on any atom is -0.316 e. The molecule has 3 aromatic rings. The fourth-order valence-corrected chi connectivity index (χ4v) is 4.14. The van der Waals surface area contributed by atoms with Crippen molar-refractivity contribution in [3.63, 3.8) is 0 Å². The van der Waals surface area contributed by atoms with Crippen molar-refractivity contribution < 1.29 is 4.79 Å². The van der Waals surface area contributed by atoms with Gasteiger partial charge >= 0.3 is 0 Å². The van der Waals surface area contributed by atoms with E-state index in [1.807, 2.05) is 68.4 Å². The number of halogens is 2. The fraction of sp³-hybridized carbons (Fsp3) is 0.182. The molecule has 0 unspecified atom stereocenters. The van der Waals surface area contributed by atoms with Crippen LogP contribution >= 0.6 is 35.0 Å². The molecule has 0 saturated heterocycles. The highest BCUT2D eigenvalue weighted by atomic mass is 35.5. The highest BCUT2D eigenvalue weighted by molar-refractivity contribution is 7.99. The van der Waals surface area contributed by atoms with Gasteiger partial charge in [-0.15, -0.1) is 11.8 Å². The van der Waals surface area contributed by atoms with Crippen molar-refractivity contribution in [2.75, 3.05) is 5.75 Å². The molecule has 0 fully saturated rings. The van der Waals surface area contributed by atoms with Gasteiger partial charge in [0.05, 0.1) is 16.9 Å². The Balaban J connectivity index is 1.56. The van der Waals surface area contributed by atoms with Crippen molar-refractivity contribution in [2.45, 2.75) is 25.2 Å². The molecular formula is C22H21Cl2N3OS. The first kappa shape index (κ1) is 21.5. The summed E-state index contributed by atoms with van der Waals surface area (Å²) in [5.41, 5.74) is 6.50. The number of carbonyl (C=O) groups excluding carboxylic acids is 1. The maximum Gasteiger partial charge on any atom is 0.240 e. The molecule has 0 aliphatic heterocycles. The van der Waals surface area contributed by atoms with Crippen LogP contribution < -0.4 is 5.43 Å². The minimum atomic E-state index is -0.123. The molecular weight excluding hydrogens is 425 g/mol. The maximum absolute atomic E-state index is 12.0. The van der Waals surface area contributed by atoms with Gasteiger partial charge in [0.2, 0.25) is 5.91 Å². The number of rotatable bonds is 7. The SMILES string of the molecule is Cc1cc(/C=N/NC(=O)CCSc2ccc(Cl)cc2)c(C)n1-c1ccccc1Cl. The van der Waals surface area contributed by atoms with E-state index in [9.17, 15) is 4.79 Å². The predicted molar refractivity (Wildman–Crippen MR) is 123 cm³/mol. The first-order chi connectivity index (χ1) is 14.0. The third-order valence-corrected chi connectivity index (χ3v) is 5.95. The van der Waals surface area contributed by atoms with Gasteiger partial charge in [-0.2, -0.15) is 5.10 Å². The van der Waals surface area contributed by atoms with Crippen molar-refractivity contribution in [1.29, 1.82) is 0 Å². The largest absolute Gasteiger partial charge is 0.316 e. The summed E-state index contributed by atoms with van der Waals surface area (Å²) in [6, 6.07) is 17.3. The summed E-state index contributed by atoms with van der Waals surface area (Å²) in [5, 5.41) is 5.50. The van der Waals surface area contributed by atoms with E-state index in [0.29, 0.717) is 22.2 Å². The van der Waals surface area contributed by atoms with Gasteiger partial charge in [0, 0.05) is 39.0 Å². The lowest BCUT2D eigenvalue weighted by Gasteiger charge is -2.11. The zero-order chi connectivity index (χ0) is 20.8. The molecule has 0 bridgehead atoms. The third-order valence-electron chi connectivity index (χ3n) is 4.37. The van der Waals surface area contributed by atoms with Crippen molar-refractivity contribution in [1.82, 2.24) is 9.99 Å². The normalized spacial score (nSPS) is 11.2. The zero-order valence-electron chi connectivity index (χ0n) is 16.2. The molecule has 0 aliphatic rings. The Kier molecular flexibility index (Phi) is 7.42. The molecule has 3 rings (SSSR count). The number of aryl methyl sites for hydroxylation is 1. The summed E-state index contributed by atoms with van der Waals surface area (Å²) in [7, 11) is 0. The Morgan fingerprint density at radius 3 is 2.59 bits per heavy atom. The van der Waals surface area contributed by atoms with Crippen LogP contribution in [-0.2, 0) is 4.79 Å². The van der Waals surface area contributed by atoms with Gasteiger partial charge in [-0.1, -0.05) is 35.3 Å². The Hall–Kier alpha value is -2.21. The van der Waals surface area contributed by atoms with E-state index in [1.165, 1.54) is 0 Å². The van der Waals surface area contributed by atoms with Gasteiger partial charge in [0.25, 0.3) is 0 Å². The Labute approximate surface area is 184 Å². The summed E-state index contributed by atoms with van der Waals surface area (Å²) in [6.07, 6.45) is 2.04. The number of nitrogens with one attached hydrogen (secondary N) is 1. The van der Waals surface area contributed by atoms with E-state index in [-0.39, 0.29) is 5.91 Å². The average molecular weight is 446 g/mol. The average Bonchev–Trinajstić information content (AvgIpc) is 2.97. The second-order valence-corrected chi connectivity index (χ2v) is 8.47. The van der Waals surface area contributed by atoms with E-state index in [4.69, 9.17) is 23.2 Å². The van der Waals surface area contributed by atoms with Crippen LogP contribution in [-0.4, -0.2) is 22.4 Å². The lowest BCUT2D eigenvalue weighted by Crippen LogP contribution is -2.17. The van der Waals surface area contributed by atoms with Crippen LogP contribution in [0.5, 0.6) is 0 Å². The van der Waals surface area contributed by atoms with Crippen molar-refractivity contribution in [3.05, 3.63) is 81.6 Å². The van der Waals surface area contributed by atoms with Crippen LogP contribution in [0.1, 0.15) is 23.4 Å². The van der Waals surface area contributed by atoms with Crippen LogP contribution in [0.25, 0.3) is 5.69 Å². The van der Waals surface area contributed by atoms with Crippen LogP contribution in [0.15, 0.2) is 64.6 Å². The molecule has 0 spiro atoms. The molecule has 29 heavy (non-hydrogen) atoms. The van der Waals surface area contributed by atoms with E-state index >= 15 is 0 Å². The molecule has 1 aromatic heterocycles. The predicted octanol–water partition coefficient (Wildman–Crippen LogP) is 6.03. The zero-order valence-corrected chi connectivity index (χ0v) is 18.5. The number of aromatic nitrogens is 1.